The number of aromatic nitrogens is 2. The van der Waals surface area contributed by atoms with E-state index in [1.54, 1.807) is 11.1 Å². The molecule has 5 nitrogen and oxygen atoms in total. The Morgan fingerprint density at radius 1 is 0.789 bits per heavy atom. The summed E-state index contributed by atoms with van der Waals surface area (Å²) in [5.41, 5.74) is -0.155. The summed E-state index contributed by atoms with van der Waals surface area (Å²) in [6, 6.07) is 7.05. The van der Waals surface area contributed by atoms with Crippen molar-refractivity contribution in [1.29, 1.82) is 10.5 Å². The molecule has 2 aromatic rings. The van der Waals surface area contributed by atoms with E-state index in [2.05, 4.69) is 34.3 Å². The molecule has 4 bridgehead atoms. The molecule has 6 rings (SSSR count). The Morgan fingerprint density at radius 2 is 1.26 bits per heavy atom. The maximum absolute atomic E-state index is 13.4. The molecular formula is C29H27F4N5. The summed E-state index contributed by atoms with van der Waals surface area (Å²) >= 11 is 0. The Morgan fingerprint density at radius 3 is 1.68 bits per heavy atom. The second kappa shape index (κ2) is 10.3. The summed E-state index contributed by atoms with van der Waals surface area (Å²) in [5, 5.41) is 19.1. The van der Waals surface area contributed by atoms with Crippen LogP contribution in [-0.4, -0.2) is 39.9 Å². The molecule has 0 spiro atoms. The average molecular weight is 522 g/mol. The van der Waals surface area contributed by atoms with Crippen LogP contribution >= 0.6 is 0 Å². The topological polar surface area (TPSA) is 76.6 Å². The lowest BCUT2D eigenvalue weighted by Gasteiger charge is -2.43. The smallest absolute Gasteiger partial charge is 0.251 e. The minimum absolute atomic E-state index is 0.208. The van der Waals surface area contributed by atoms with Gasteiger partial charge in [-0.05, 0) is 67.2 Å². The van der Waals surface area contributed by atoms with Crippen molar-refractivity contribution in [3.05, 3.63) is 84.0 Å². The number of rotatable bonds is 4. The lowest BCUT2D eigenvalue weighted by molar-refractivity contribution is 0.0381. The summed E-state index contributed by atoms with van der Waals surface area (Å²) in [7, 11) is 0. The second-order valence-corrected chi connectivity index (χ2v) is 10.7. The van der Waals surface area contributed by atoms with Gasteiger partial charge in [-0.25, -0.2) is 17.6 Å². The predicted octanol–water partition coefficient (Wildman–Crippen LogP) is 5.62. The molecular weight excluding hydrogens is 494 g/mol. The molecule has 0 radical (unpaired) electrons. The zero-order chi connectivity index (χ0) is 26.9. The molecule has 1 saturated heterocycles. The van der Waals surface area contributed by atoms with E-state index in [1.165, 1.54) is 24.5 Å². The first-order valence-corrected chi connectivity index (χ1v) is 12.7. The van der Waals surface area contributed by atoms with Crippen LogP contribution in [0.5, 0.6) is 0 Å². The number of fused-ring (bicyclic) bond motifs is 4. The fraction of sp³-hybridized carbons (Fsp3) is 0.448. The van der Waals surface area contributed by atoms with Crippen molar-refractivity contribution in [3.63, 3.8) is 0 Å². The van der Waals surface area contributed by atoms with Crippen molar-refractivity contribution >= 4 is 0 Å². The van der Waals surface area contributed by atoms with Gasteiger partial charge in [0, 0.05) is 24.5 Å². The van der Waals surface area contributed by atoms with Crippen LogP contribution in [0.1, 0.15) is 43.2 Å². The van der Waals surface area contributed by atoms with Crippen LogP contribution in [0.3, 0.4) is 0 Å². The first kappa shape index (κ1) is 26.1. The summed E-state index contributed by atoms with van der Waals surface area (Å²) in [4.78, 5) is 9.40. The summed E-state index contributed by atoms with van der Waals surface area (Å²) in [6.07, 6.45) is 14.7. The van der Waals surface area contributed by atoms with Crippen molar-refractivity contribution < 1.29 is 17.6 Å². The molecule has 2 aliphatic heterocycles. The molecule has 6 atom stereocenters. The number of allylic oxidation sites excluding steroid dienone is 2. The normalized spacial score (nSPS) is 32.9. The van der Waals surface area contributed by atoms with Crippen LogP contribution in [0.4, 0.5) is 17.6 Å². The third-order valence-electron chi connectivity index (χ3n) is 8.30. The van der Waals surface area contributed by atoms with Crippen LogP contribution in [0.2, 0.25) is 0 Å². The fourth-order valence-corrected chi connectivity index (χ4v) is 6.59. The van der Waals surface area contributed by atoms with Crippen molar-refractivity contribution in [1.82, 2.24) is 14.9 Å². The van der Waals surface area contributed by atoms with Gasteiger partial charge in [0.05, 0.1) is 41.9 Å². The number of halogens is 4. The Hall–Kier alpha value is -3.56. The van der Waals surface area contributed by atoms with Crippen LogP contribution in [0.25, 0.3) is 0 Å². The quantitative estimate of drug-likeness (QED) is 0.386. The van der Waals surface area contributed by atoms with Crippen LogP contribution < -0.4 is 0 Å². The zero-order valence-corrected chi connectivity index (χ0v) is 20.7. The van der Waals surface area contributed by atoms with E-state index in [1.807, 2.05) is 12.2 Å². The van der Waals surface area contributed by atoms with Crippen molar-refractivity contribution in [2.75, 3.05) is 6.54 Å². The minimum atomic E-state index is -2.40. The summed E-state index contributed by atoms with van der Waals surface area (Å²) in [5.74, 6) is 0.0915. The lowest BCUT2D eigenvalue weighted by atomic mass is 9.66. The lowest BCUT2D eigenvalue weighted by Crippen LogP contribution is -2.51. The van der Waals surface area contributed by atoms with Crippen LogP contribution in [0.15, 0.2) is 61.2 Å². The van der Waals surface area contributed by atoms with Crippen molar-refractivity contribution in [2.24, 2.45) is 11.8 Å². The monoisotopic (exact) mass is 521 g/mol. The first-order chi connectivity index (χ1) is 18.3. The largest absolute Gasteiger partial charge is 0.285 e. The van der Waals surface area contributed by atoms with E-state index >= 15 is 0 Å². The van der Waals surface area contributed by atoms with Crippen LogP contribution in [0, 0.1) is 46.1 Å². The van der Waals surface area contributed by atoms with Gasteiger partial charge in [-0.15, -0.1) is 0 Å². The summed E-state index contributed by atoms with van der Waals surface area (Å²) in [6.45, 7) is -0.300. The van der Waals surface area contributed by atoms with Crippen molar-refractivity contribution in [2.45, 2.75) is 61.4 Å². The van der Waals surface area contributed by atoms with E-state index in [9.17, 15) is 28.1 Å². The number of hydrogen-bond acceptors (Lipinski definition) is 5. The fourth-order valence-electron chi connectivity index (χ4n) is 6.59. The molecule has 0 amide bonds. The molecule has 9 heteroatoms. The summed E-state index contributed by atoms with van der Waals surface area (Å²) < 4.78 is 51.9. The van der Waals surface area contributed by atoms with Gasteiger partial charge in [0.15, 0.2) is 0 Å². The minimum Gasteiger partial charge on any atom is -0.285 e. The maximum Gasteiger partial charge on any atom is 0.251 e. The van der Waals surface area contributed by atoms with E-state index in [0.717, 1.165) is 31.0 Å². The van der Waals surface area contributed by atoms with Gasteiger partial charge in [-0.2, -0.15) is 10.5 Å². The molecule has 196 valence electrons. The number of piperidine rings is 1. The Kier molecular flexibility index (Phi) is 7.07. The third-order valence-corrected chi connectivity index (χ3v) is 8.30. The molecule has 0 N–H and O–H groups in total. The third kappa shape index (κ3) is 4.96. The van der Waals surface area contributed by atoms with Gasteiger partial charge < -0.3 is 0 Å². The zero-order valence-electron chi connectivity index (χ0n) is 20.7. The number of alkyl halides is 2. The highest BCUT2D eigenvalue weighted by Crippen LogP contribution is 2.48. The number of pyridine rings is 2. The Bertz CT molecular complexity index is 1300. The highest BCUT2D eigenvalue weighted by atomic mass is 19.3. The van der Waals surface area contributed by atoms with E-state index in [-0.39, 0.29) is 24.4 Å². The van der Waals surface area contributed by atoms with Gasteiger partial charge in [0.2, 0.25) is 0 Å². The molecule has 0 aromatic carbocycles. The molecule has 2 aromatic heterocycles. The highest BCUT2D eigenvalue weighted by molar-refractivity contribution is 5.37. The van der Waals surface area contributed by atoms with Crippen LogP contribution in [-0.2, 0) is 10.8 Å². The molecule has 1 saturated carbocycles. The Labute approximate surface area is 219 Å². The standard InChI is InChI=1S/C15H14F3N3.C14H13FN2/c16-11-3-10(6-20-7-11)15(9-19)4-12-1-2-13(5-15)21(12)8-14(17)18;15-13-4-12(7-17-8-13)14(9-16)5-10-1-2-11(3-10)6-14/h1-3,6-7,12-14H,4-5,8H2;1-2,4,7-8,10-11H,3,5-6H2/t12-,13+,15?;10-,11+,14?. The Balaban J connectivity index is 0.000000158. The maximum atomic E-state index is 13.4. The molecule has 4 aliphatic rings. The SMILES string of the molecule is N#CC1(c2cncc(F)c2)C[C@@H]2C=C[C@@H](C2)C1.N#CC1(c2cncc(F)c2)C[C@H]2C=C[C@@H](C1)N2CC(F)F. The average Bonchev–Trinajstić information content (AvgIpc) is 3.36. The van der Waals surface area contributed by atoms with E-state index < -0.39 is 23.1 Å². The second-order valence-electron chi connectivity index (χ2n) is 10.7. The predicted molar refractivity (Wildman–Crippen MR) is 132 cm³/mol. The molecule has 4 heterocycles. The van der Waals surface area contributed by atoms with Gasteiger partial charge in [0.25, 0.3) is 6.43 Å². The number of nitriles is 2. The van der Waals surface area contributed by atoms with Gasteiger partial charge in [-0.1, -0.05) is 24.3 Å². The van der Waals surface area contributed by atoms with Crippen molar-refractivity contribution in [3.8, 4) is 12.1 Å². The van der Waals surface area contributed by atoms with E-state index in [4.69, 9.17) is 0 Å². The molecule has 38 heavy (non-hydrogen) atoms. The number of nitrogens with zero attached hydrogens (tertiary/aromatic N) is 5. The van der Waals surface area contributed by atoms with Gasteiger partial charge in [0.1, 0.15) is 11.6 Å². The molecule has 2 aliphatic carbocycles. The molecule has 2 unspecified atom stereocenters. The first-order valence-electron chi connectivity index (χ1n) is 12.7. The van der Waals surface area contributed by atoms with Gasteiger partial charge in [-0.3, -0.25) is 14.9 Å². The molecule has 2 fully saturated rings. The van der Waals surface area contributed by atoms with E-state index in [0.29, 0.717) is 30.2 Å². The van der Waals surface area contributed by atoms with Gasteiger partial charge >= 0.3 is 0 Å². The highest BCUT2D eigenvalue weighted by Gasteiger charge is 2.48. The number of hydrogen-bond donors (Lipinski definition) is 0.